The van der Waals surface area contributed by atoms with Crippen LogP contribution in [0.2, 0.25) is 0 Å². The van der Waals surface area contributed by atoms with Crippen molar-refractivity contribution in [3.05, 3.63) is 66.5 Å². The lowest BCUT2D eigenvalue weighted by Gasteiger charge is -2.19. The number of nitrogens with zero attached hydrogens (tertiary/aromatic N) is 1. The highest BCUT2D eigenvalue weighted by atomic mass is 32.2. The van der Waals surface area contributed by atoms with Gasteiger partial charge < -0.3 is 19.4 Å². The monoisotopic (exact) mass is 382 g/mol. The van der Waals surface area contributed by atoms with Gasteiger partial charge in [0.15, 0.2) is 11.5 Å². The summed E-state index contributed by atoms with van der Waals surface area (Å²) in [7, 11) is -1.11. The molecule has 1 aliphatic rings. The van der Waals surface area contributed by atoms with E-state index in [1.807, 2.05) is 30.5 Å². The molecule has 138 valence electrons. The van der Waals surface area contributed by atoms with Crippen LogP contribution in [0.5, 0.6) is 11.5 Å². The lowest BCUT2D eigenvalue weighted by molar-refractivity contribution is 0.102. The Morgan fingerprint density at radius 3 is 2.67 bits per heavy atom. The highest BCUT2D eigenvalue weighted by Gasteiger charge is 2.16. The summed E-state index contributed by atoms with van der Waals surface area (Å²) < 4.78 is 24.6. The smallest absolute Gasteiger partial charge is 0.272 e. The van der Waals surface area contributed by atoms with E-state index in [4.69, 9.17) is 9.47 Å². The molecule has 1 N–H and O–H groups in total. The van der Waals surface area contributed by atoms with Crippen LogP contribution in [0.4, 0.5) is 5.69 Å². The SMILES string of the molecule is C[S@](=O)c1cccc(NC(=O)c2cccn2-c2ccc3c(c2)OCCO3)c1. The maximum absolute atomic E-state index is 12.8. The number of carbonyl (C=O) groups is 1. The summed E-state index contributed by atoms with van der Waals surface area (Å²) in [6.07, 6.45) is 3.42. The predicted molar refractivity (Wildman–Crippen MR) is 103 cm³/mol. The minimum Gasteiger partial charge on any atom is -0.486 e. The number of benzene rings is 2. The molecule has 0 fully saturated rings. The fourth-order valence-electron chi connectivity index (χ4n) is 2.92. The zero-order valence-corrected chi connectivity index (χ0v) is 15.5. The van der Waals surface area contributed by atoms with Crippen LogP contribution < -0.4 is 14.8 Å². The summed E-state index contributed by atoms with van der Waals surface area (Å²) in [5.41, 5.74) is 1.88. The number of amides is 1. The van der Waals surface area contributed by atoms with E-state index in [1.165, 1.54) is 0 Å². The lowest BCUT2D eigenvalue weighted by atomic mass is 10.2. The number of ether oxygens (including phenoxy) is 2. The van der Waals surface area contributed by atoms with Crippen LogP contribution >= 0.6 is 0 Å². The Bertz CT molecular complexity index is 1030. The molecule has 1 amide bonds. The number of hydrogen-bond donors (Lipinski definition) is 1. The molecule has 0 spiro atoms. The zero-order chi connectivity index (χ0) is 18.8. The fraction of sp³-hybridized carbons (Fsp3) is 0.150. The Morgan fingerprint density at radius 2 is 1.85 bits per heavy atom. The number of carbonyl (C=O) groups excluding carboxylic acids is 1. The zero-order valence-electron chi connectivity index (χ0n) is 14.7. The largest absolute Gasteiger partial charge is 0.486 e. The predicted octanol–water partition coefficient (Wildman–Crippen LogP) is 3.24. The van der Waals surface area contributed by atoms with Crippen LogP contribution in [0.3, 0.4) is 0 Å². The van der Waals surface area contributed by atoms with Gasteiger partial charge in [0.05, 0.1) is 0 Å². The van der Waals surface area contributed by atoms with Crippen molar-refractivity contribution in [1.82, 2.24) is 4.57 Å². The molecule has 7 heteroatoms. The average Bonchev–Trinajstić information content (AvgIpc) is 3.18. The van der Waals surface area contributed by atoms with E-state index in [9.17, 15) is 9.00 Å². The van der Waals surface area contributed by atoms with Crippen LogP contribution in [0, 0.1) is 0 Å². The third-order valence-electron chi connectivity index (χ3n) is 4.21. The van der Waals surface area contributed by atoms with Gasteiger partial charge in [-0.15, -0.1) is 0 Å². The van der Waals surface area contributed by atoms with E-state index in [0.717, 1.165) is 5.69 Å². The van der Waals surface area contributed by atoms with Crippen molar-refractivity contribution in [2.45, 2.75) is 4.90 Å². The number of nitrogens with one attached hydrogen (secondary N) is 1. The minimum atomic E-state index is -1.11. The van der Waals surface area contributed by atoms with Gasteiger partial charge in [0, 0.05) is 45.6 Å². The van der Waals surface area contributed by atoms with E-state index >= 15 is 0 Å². The van der Waals surface area contributed by atoms with E-state index in [2.05, 4.69) is 5.32 Å². The molecule has 0 saturated carbocycles. The third kappa shape index (κ3) is 3.59. The second-order valence-electron chi connectivity index (χ2n) is 6.03. The Kier molecular flexibility index (Phi) is 4.68. The highest BCUT2D eigenvalue weighted by Crippen LogP contribution is 2.32. The van der Waals surface area contributed by atoms with Gasteiger partial charge in [-0.25, -0.2) is 0 Å². The van der Waals surface area contributed by atoms with Crippen molar-refractivity contribution >= 4 is 22.4 Å². The van der Waals surface area contributed by atoms with E-state index in [1.54, 1.807) is 41.2 Å². The molecule has 1 aliphatic heterocycles. The topological polar surface area (TPSA) is 69.6 Å². The number of anilines is 1. The molecule has 0 radical (unpaired) electrons. The first-order valence-corrected chi connectivity index (χ1v) is 10.00. The van der Waals surface area contributed by atoms with E-state index < -0.39 is 10.8 Å². The van der Waals surface area contributed by atoms with Crippen molar-refractivity contribution < 1.29 is 18.5 Å². The number of hydrogen-bond acceptors (Lipinski definition) is 4. The Hall–Kier alpha value is -3.06. The highest BCUT2D eigenvalue weighted by molar-refractivity contribution is 7.84. The molecule has 0 saturated heterocycles. The minimum absolute atomic E-state index is 0.256. The first kappa shape index (κ1) is 17.4. The van der Waals surface area contributed by atoms with Gasteiger partial charge in [-0.1, -0.05) is 6.07 Å². The standard InChI is InChI=1S/C20H18N2O4S/c1-27(24)16-5-2-4-14(12-16)21-20(23)17-6-3-9-22(17)15-7-8-18-19(13-15)26-11-10-25-18/h2-9,12-13H,10-11H2,1H3,(H,21,23)/t27-/m0/s1. The summed E-state index contributed by atoms with van der Waals surface area (Å²) >= 11 is 0. The average molecular weight is 382 g/mol. The molecule has 3 aromatic rings. The molecule has 2 aromatic carbocycles. The molecular weight excluding hydrogens is 364 g/mol. The van der Waals surface area contributed by atoms with Crippen LogP contribution in [0.25, 0.3) is 5.69 Å². The molecule has 6 nitrogen and oxygen atoms in total. The summed E-state index contributed by atoms with van der Waals surface area (Å²) in [4.78, 5) is 13.4. The quantitative estimate of drug-likeness (QED) is 0.752. The van der Waals surface area contributed by atoms with Crippen LogP contribution in [-0.2, 0) is 10.8 Å². The normalized spacial score (nSPS) is 13.8. The van der Waals surface area contributed by atoms with Crippen molar-refractivity contribution in [2.24, 2.45) is 0 Å². The maximum Gasteiger partial charge on any atom is 0.272 e. The summed E-state index contributed by atoms with van der Waals surface area (Å²) in [5, 5.41) is 2.86. The van der Waals surface area contributed by atoms with Gasteiger partial charge in [-0.3, -0.25) is 9.00 Å². The fourth-order valence-corrected chi connectivity index (χ4v) is 3.48. The van der Waals surface area contributed by atoms with Crippen LogP contribution in [-0.4, -0.2) is 34.2 Å². The Balaban J connectivity index is 1.61. The van der Waals surface area contributed by atoms with Gasteiger partial charge >= 0.3 is 0 Å². The van der Waals surface area contributed by atoms with Gasteiger partial charge in [-0.2, -0.15) is 0 Å². The summed E-state index contributed by atoms with van der Waals surface area (Å²) in [5.74, 6) is 1.11. The Labute approximate surface area is 159 Å². The van der Waals surface area contributed by atoms with Crippen molar-refractivity contribution in [1.29, 1.82) is 0 Å². The summed E-state index contributed by atoms with van der Waals surface area (Å²) in [6.45, 7) is 1.04. The number of aromatic nitrogens is 1. The molecule has 0 unspecified atom stereocenters. The van der Waals surface area contributed by atoms with Gasteiger partial charge in [0.25, 0.3) is 5.91 Å². The summed E-state index contributed by atoms with van der Waals surface area (Å²) in [6, 6.07) is 16.1. The van der Waals surface area contributed by atoms with Crippen molar-refractivity contribution in [3.63, 3.8) is 0 Å². The van der Waals surface area contributed by atoms with Crippen molar-refractivity contribution in [3.8, 4) is 17.2 Å². The number of fused-ring (bicyclic) bond motifs is 1. The van der Waals surface area contributed by atoms with E-state index in [0.29, 0.717) is 41.0 Å². The molecular formula is C20H18N2O4S. The van der Waals surface area contributed by atoms with Crippen LogP contribution in [0.1, 0.15) is 10.5 Å². The second kappa shape index (κ2) is 7.28. The third-order valence-corrected chi connectivity index (χ3v) is 5.13. The molecule has 1 atom stereocenters. The maximum atomic E-state index is 12.8. The molecule has 0 bridgehead atoms. The lowest BCUT2D eigenvalue weighted by Crippen LogP contribution is -2.17. The number of rotatable bonds is 4. The van der Waals surface area contributed by atoms with Gasteiger partial charge in [0.1, 0.15) is 18.9 Å². The van der Waals surface area contributed by atoms with Crippen molar-refractivity contribution in [2.75, 3.05) is 24.8 Å². The molecule has 27 heavy (non-hydrogen) atoms. The van der Waals surface area contributed by atoms with Gasteiger partial charge in [0.2, 0.25) is 0 Å². The Morgan fingerprint density at radius 1 is 1.04 bits per heavy atom. The molecule has 1 aromatic heterocycles. The second-order valence-corrected chi connectivity index (χ2v) is 7.41. The molecule has 0 aliphatic carbocycles. The van der Waals surface area contributed by atoms with Crippen LogP contribution in [0.15, 0.2) is 65.7 Å². The molecule has 4 rings (SSSR count). The molecule has 2 heterocycles. The first-order valence-electron chi connectivity index (χ1n) is 8.44. The van der Waals surface area contributed by atoms with Gasteiger partial charge in [-0.05, 0) is 42.5 Å². The first-order chi connectivity index (χ1) is 13.1. The van der Waals surface area contributed by atoms with E-state index in [-0.39, 0.29) is 5.91 Å².